The molecule has 2 aliphatic rings. The summed E-state index contributed by atoms with van der Waals surface area (Å²) in [6.45, 7) is 3.91. The molecular formula is C11H19N3OS. The Morgan fingerprint density at radius 2 is 2.50 bits per heavy atom. The van der Waals surface area contributed by atoms with Gasteiger partial charge in [-0.15, -0.1) is 0 Å². The van der Waals surface area contributed by atoms with Crippen LogP contribution in [-0.4, -0.2) is 35.5 Å². The van der Waals surface area contributed by atoms with Crippen LogP contribution < -0.4 is 10.6 Å². The molecule has 0 aromatic rings. The van der Waals surface area contributed by atoms with Gasteiger partial charge in [0.15, 0.2) is 5.17 Å². The van der Waals surface area contributed by atoms with E-state index in [-0.39, 0.29) is 11.9 Å². The SMILES string of the molecule is CCCC1CN=C(NC2CCCNC2=O)S1. The van der Waals surface area contributed by atoms with Gasteiger partial charge in [0.2, 0.25) is 5.91 Å². The number of nitrogens with zero attached hydrogens (tertiary/aromatic N) is 1. The van der Waals surface area contributed by atoms with E-state index in [1.54, 1.807) is 11.8 Å². The Morgan fingerprint density at radius 1 is 1.62 bits per heavy atom. The topological polar surface area (TPSA) is 53.5 Å². The third-order valence-corrected chi connectivity index (χ3v) is 4.10. The molecule has 1 amide bonds. The molecule has 4 nitrogen and oxygen atoms in total. The van der Waals surface area contributed by atoms with Crippen LogP contribution in [0.5, 0.6) is 0 Å². The van der Waals surface area contributed by atoms with Crippen molar-refractivity contribution in [1.29, 1.82) is 0 Å². The molecule has 2 atom stereocenters. The quantitative estimate of drug-likeness (QED) is 0.778. The average Bonchev–Trinajstić information content (AvgIpc) is 2.70. The molecule has 2 heterocycles. The number of hydrogen-bond donors (Lipinski definition) is 2. The van der Waals surface area contributed by atoms with E-state index in [4.69, 9.17) is 0 Å². The number of carbonyl (C=O) groups is 1. The van der Waals surface area contributed by atoms with Crippen LogP contribution in [0.15, 0.2) is 4.99 Å². The largest absolute Gasteiger partial charge is 0.354 e. The lowest BCUT2D eigenvalue weighted by molar-refractivity contribution is -0.124. The molecule has 16 heavy (non-hydrogen) atoms. The Morgan fingerprint density at radius 3 is 3.25 bits per heavy atom. The summed E-state index contributed by atoms with van der Waals surface area (Å²) in [5.74, 6) is 0.119. The van der Waals surface area contributed by atoms with Crippen LogP contribution in [0.4, 0.5) is 0 Å². The summed E-state index contributed by atoms with van der Waals surface area (Å²) in [4.78, 5) is 16.0. The maximum Gasteiger partial charge on any atom is 0.242 e. The van der Waals surface area contributed by atoms with Crippen molar-refractivity contribution in [3.8, 4) is 0 Å². The molecule has 0 saturated carbocycles. The molecule has 2 unspecified atom stereocenters. The molecular weight excluding hydrogens is 222 g/mol. The Kier molecular flexibility index (Phi) is 4.09. The van der Waals surface area contributed by atoms with Gasteiger partial charge in [0, 0.05) is 11.8 Å². The van der Waals surface area contributed by atoms with Gasteiger partial charge in [0.25, 0.3) is 0 Å². The summed E-state index contributed by atoms with van der Waals surface area (Å²) < 4.78 is 0. The minimum absolute atomic E-state index is 0.0691. The van der Waals surface area contributed by atoms with Crippen molar-refractivity contribution < 1.29 is 4.79 Å². The van der Waals surface area contributed by atoms with E-state index in [1.807, 2.05) is 0 Å². The summed E-state index contributed by atoms with van der Waals surface area (Å²) in [7, 11) is 0. The van der Waals surface area contributed by atoms with E-state index < -0.39 is 0 Å². The maximum absolute atomic E-state index is 11.6. The first-order valence-electron chi connectivity index (χ1n) is 6.05. The van der Waals surface area contributed by atoms with E-state index in [2.05, 4.69) is 22.5 Å². The fourth-order valence-corrected chi connectivity index (χ4v) is 3.21. The lowest BCUT2D eigenvalue weighted by Gasteiger charge is -2.23. The van der Waals surface area contributed by atoms with E-state index >= 15 is 0 Å². The maximum atomic E-state index is 11.6. The molecule has 0 aromatic carbocycles. The third-order valence-electron chi connectivity index (χ3n) is 2.91. The minimum Gasteiger partial charge on any atom is -0.354 e. The van der Waals surface area contributed by atoms with Crippen LogP contribution in [0.1, 0.15) is 32.6 Å². The highest BCUT2D eigenvalue weighted by molar-refractivity contribution is 8.14. The molecule has 0 spiro atoms. The van der Waals surface area contributed by atoms with Crippen LogP contribution >= 0.6 is 11.8 Å². The number of nitrogens with one attached hydrogen (secondary N) is 2. The Hall–Kier alpha value is -0.710. The second kappa shape index (κ2) is 5.57. The molecule has 1 saturated heterocycles. The van der Waals surface area contributed by atoms with Crippen LogP contribution in [0.3, 0.4) is 0 Å². The lowest BCUT2D eigenvalue weighted by atomic mass is 10.1. The monoisotopic (exact) mass is 241 g/mol. The van der Waals surface area contributed by atoms with Crippen molar-refractivity contribution in [2.75, 3.05) is 13.1 Å². The molecule has 0 aromatic heterocycles. The molecule has 2 aliphatic heterocycles. The first-order chi connectivity index (χ1) is 7.79. The predicted octanol–water partition coefficient (Wildman–Crippen LogP) is 1.13. The minimum atomic E-state index is -0.0691. The molecule has 0 aliphatic carbocycles. The van der Waals surface area contributed by atoms with Gasteiger partial charge in [0.1, 0.15) is 6.04 Å². The highest BCUT2D eigenvalue weighted by Crippen LogP contribution is 2.24. The number of piperidine rings is 1. The number of carbonyl (C=O) groups excluding carboxylic acids is 1. The summed E-state index contributed by atoms with van der Waals surface area (Å²) in [5.41, 5.74) is 0. The van der Waals surface area contributed by atoms with Crippen molar-refractivity contribution in [1.82, 2.24) is 10.6 Å². The molecule has 2 rings (SSSR count). The zero-order valence-corrected chi connectivity index (χ0v) is 10.5. The van der Waals surface area contributed by atoms with E-state index in [9.17, 15) is 4.79 Å². The number of amides is 1. The fourth-order valence-electron chi connectivity index (χ4n) is 2.03. The first kappa shape index (κ1) is 11.8. The molecule has 90 valence electrons. The number of rotatable bonds is 3. The summed E-state index contributed by atoms with van der Waals surface area (Å²) in [6.07, 6.45) is 4.38. The van der Waals surface area contributed by atoms with Crippen LogP contribution in [0.2, 0.25) is 0 Å². The van der Waals surface area contributed by atoms with Gasteiger partial charge < -0.3 is 10.6 Å². The smallest absolute Gasteiger partial charge is 0.242 e. The number of amidine groups is 1. The fraction of sp³-hybridized carbons (Fsp3) is 0.818. The lowest BCUT2D eigenvalue weighted by Crippen LogP contribution is -2.49. The second-order valence-corrected chi connectivity index (χ2v) is 5.59. The van der Waals surface area contributed by atoms with Crippen LogP contribution in [0, 0.1) is 0 Å². The van der Waals surface area contributed by atoms with Gasteiger partial charge in [-0.05, 0) is 19.3 Å². The predicted molar refractivity (Wildman–Crippen MR) is 67.8 cm³/mol. The Bertz CT molecular complexity index is 293. The van der Waals surface area contributed by atoms with Crippen molar-refractivity contribution in [2.24, 2.45) is 4.99 Å². The normalized spacial score (nSPS) is 29.8. The van der Waals surface area contributed by atoms with Crippen LogP contribution in [0.25, 0.3) is 0 Å². The van der Waals surface area contributed by atoms with E-state index in [0.717, 1.165) is 31.1 Å². The molecule has 5 heteroatoms. The zero-order chi connectivity index (χ0) is 11.4. The molecule has 1 fully saturated rings. The average molecular weight is 241 g/mol. The van der Waals surface area contributed by atoms with E-state index in [0.29, 0.717) is 5.25 Å². The second-order valence-electron chi connectivity index (χ2n) is 4.30. The molecule has 0 bridgehead atoms. The molecule has 2 N–H and O–H groups in total. The van der Waals surface area contributed by atoms with Crippen LogP contribution in [-0.2, 0) is 4.79 Å². The van der Waals surface area contributed by atoms with E-state index in [1.165, 1.54) is 12.8 Å². The van der Waals surface area contributed by atoms with Crippen molar-refractivity contribution in [3.63, 3.8) is 0 Å². The summed E-state index contributed by atoms with van der Waals surface area (Å²) in [6, 6.07) is -0.0691. The highest BCUT2D eigenvalue weighted by Gasteiger charge is 2.26. The van der Waals surface area contributed by atoms with Crippen molar-refractivity contribution >= 4 is 22.8 Å². The van der Waals surface area contributed by atoms with Gasteiger partial charge in [-0.25, -0.2) is 0 Å². The van der Waals surface area contributed by atoms with Crippen molar-refractivity contribution in [2.45, 2.75) is 43.9 Å². The first-order valence-corrected chi connectivity index (χ1v) is 6.93. The number of hydrogen-bond acceptors (Lipinski definition) is 4. The highest BCUT2D eigenvalue weighted by atomic mass is 32.2. The van der Waals surface area contributed by atoms with Gasteiger partial charge in [-0.1, -0.05) is 25.1 Å². The molecule has 0 radical (unpaired) electrons. The zero-order valence-electron chi connectivity index (χ0n) is 9.66. The Balaban J connectivity index is 1.79. The summed E-state index contributed by atoms with van der Waals surface area (Å²) in [5, 5.41) is 7.70. The van der Waals surface area contributed by atoms with Gasteiger partial charge in [-0.3, -0.25) is 9.79 Å². The third kappa shape index (κ3) is 2.90. The number of aliphatic imine (C=N–C) groups is 1. The van der Waals surface area contributed by atoms with Gasteiger partial charge in [-0.2, -0.15) is 0 Å². The van der Waals surface area contributed by atoms with Crippen molar-refractivity contribution in [3.05, 3.63) is 0 Å². The van der Waals surface area contributed by atoms with Gasteiger partial charge in [0.05, 0.1) is 6.54 Å². The summed E-state index contributed by atoms with van der Waals surface area (Å²) >= 11 is 1.79. The van der Waals surface area contributed by atoms with Gasteiger partial charge >= 0.3 is 0 Å². The standard InChI is InChI=1S/C11H19N3OS/c1-2-4-8-7-13-11(16-8)14-9-5-3-6-12-10(9)15/h8-9H,2-7H2,1H3,(H,12,15)(H,13,14). The number of thioether (sulfide) groups is 1. The Labute approximate surface area is 101 Å².